The van der Waals surface area contributed by atoms with E-state index in [1.54, 1.807) is 34.5 Å². The Balaban J connectivity index is 1.13. The van der Waals surface area contributed by atoms with E-state index in [-0.39, 0.29) is 17.3 Å². The molecule has 2 aliphatic heterocycles. The minimum absolute atomic E-state index is 0.0768. The number of piperidine rings is 1. The summed E-state index contributed by atoms with van der Waals surface area (Å²) in [4.78, 5) is 27.6. The Morgan fingerprint density at radius 3 is 2.67 bits per heavy atom. The molecule has 33 heavy (non-hydrogen) atoms. The van der Waals surface area contributed by atoms with Crippen molar-refractivity contribution in [2.24, 2.45) is 5.92 Å². The lowest BCUT2D eigenvalue weighted by Gasteiger charge is -2.32. The molecular formula is C26H28FN3O2S. The van der Waals surface area contributed by atoms with Crippen LogP contribution in [0.25, 0.3) is 10.9 Å². The van der Waals surface area contributed by atoms with Crippen LogP contribution < -0.4 is 10.9 Å². The Bertz CT molecular complexity index is 1230. The van der Waals surface area contributed by atoms with Gasteiger partial charge in [-0.05, 0) is 92.0 Å². The van der Waals surface area contributed by atoms with Crippen LogP contribution >= 0.6 is 11.8 Å². The van der Waals surface area contributed by atoms with Crippen molar-refractivity contribution in [1.29, 1.82) is 0 Å². The van der Waals surface area contributed by atoms with Gasteiger partial charge in [-0.2, -0.15) is 0 Å². The normalized spacial score (nSPS) is 17.2. The zero-order valence-electron chi connectivity index (χ0n) is 18.6. The second-order valence-corrected chi connectivity index (χ2v) is 10.0. The first-order valence-electron chi connectivity index (χ1n) is 11.6. The van der Waals surface area contributed by atoms with Crippen LogP contribution in [-0.2, 0) is 17.8 Å². The molecule has 0 bridgehead atoms. The van der Waals surface area contributed by atoms with Gasteiger partial charge in [0.05, 0.1) is 17.0 Å². The smallest absolute Gasteiger partial charge is 0.251 e. The summed E-state index contributed by atoms with van der Waals surface area (Å²) in [5.74, 6) is 0.947. The highest BCUT2D eigenvalue weighted by Gasteiger charge is 2.20. The van der Waals surface area contributed by atoms with E-state index in [0.29, 0.717) is 23.7 Å². The van der Waals surface area contributed by atoms with Crippen LogP contribution in [0.3, 0.4) is 0 Å². The SMILES string of the molecule is O=C1CSc2ccc(CCC3CCN(CCn4c(=O)ccc5ccc(F)cc54)CC3)cc2N1. The highest BCUT2D eigenvalue weighted by atomic mass is 32.2. The average molecular weight is 466 g/mol. The third-order valence-corrected chi connectivity index (χ3v) is 7.89. The van der Waals surface area contributed by atoms with Gasteiger partial charge in [0.2, 0.25) is 5.91 Å². The monoisotopic (exact) mass is 465 g/mol. The molecule has 3 aromatic rings. The third kappa shape index (κ3) is 5.14. The number of halogens is 1. The van der Waals surface area contributed by atoms with E-state index < -0.39 is 0 Å². The maximum atomic E-state index is 13.7. The van der Waals surface area contributed by atoms with Crippen molar-refractivity contribution in [3.8, 4) is 0 Å². The topological polar surface area (TPSA) is 54.3 Å². The Morgan fingerprint density at radius 1 is 1.00 bits per heavy atom. The number of pyridine rings is 1. The number of anilines is 1. The van der Waals surface area contributed by atoms with Gasteiger partial charge in [0.1, 0.15) is 5.82 Å². The van der Waals surface area contributed by atoms with Gasteiger partial charge < -0.3 is 14.8 Å². The first kappa shape index (κ1) is 22.2. The summed E-state index contributed by atoms with van der Waals surface area (Å²) in [6.45, 7) is 3.42. The average Bonchev–Trinajstić information content (AvgIpc) is 2.82. The first-order chi connectivity index (χ1) is 16.0. The predicted octanol–water partition coefficient (Wildman–Crippen LogP) is 4.53. The number of amides is 1. The molecule has 1 saturated heterocycles. The molecule has 0 aliphatic carbocycles. The number of thioether (sulfide) groups is 1. The number of benzene rings is 2. The molecule has 0 atom stereocenters. The van der Waals surface area contributed by atoms with Crippen molar-refractivity contribution in [2.45, 2.75) is 37.1 Å². The lowest BCUT2D eigenvalue weighted by atomic mass is 9.90. The minimum Gasteiger partial charge on any atom is -0.324 e. The van der Waals surface area contributed by atoms with Crippen LogP contribution in [0.5, 0.6) is 0 Å². The molecule has 172 valence electrons. The quantitative estimate of drug-likeness (QED) is 0.581. The van der Waals surface area contributed by atoms with Crippen molar-refractivity contribution < 1.29 is 9.18 Å². The molecule has 1 aromatic heterocycles. The largest absolute Gasteiger partial charge is 0.324 e. The fraction of sp³-hybridized carbons (Fsp3) is 0.385. The van der Waals surface area contributed by atoms with Crippen molar-refractivity contribution in [3.05, 3.63) is 70.3 Å². The second-order valence-electron chi connectivity index (χ2n) is 9.02. The molecule has 2 aliphatic rings. The standard InChI is InChI=1S/C26H28FN3O2S/c27-21-6-4-20-5-8-26(32)30(23(20)16-21)14-13-29-11-9-18(10-12-29)1-2-19-3-7-24-22(15-19)28-25(31)17-33-24/h3-8,15-16,18H,1-2,9-14,17H2,(H,28,31). The van der Waals surface area contributed by atoms with Gasteiger partial charge in [-0.25, -0.2) is 4.39 Å². The Hall–Kier alpha value is -2.64. The number of nitrogens with one attached hydrogen (secondary N) is 1. The zero-order chi connectivity index (χ0) is 22.8. The second kappa shape index (κ2) is 9.69. The van der Waals surface area contributed by atoms with Crippen LogP contribution in [0.1, 0.15) is 24.8 Å². The summed E-state index contributed by atoms with van der Waals surface area (Å²) in [6.07, 6.45) is 4.47. The van der Waals surface area contributed by atoms with Crippen molar-refractivity contribution >= 4 is 34.3 Å². The van der Waals surface area contributed by atoms with Crippen LogP contribution in [0, 0.1) is 11.7 Å². The number of hydrogen-bond donors (Lipinski definition) is 1. The molecule has 5 nitrogen and oxygen atoms in total. The minimum atomic E-state index is -0.317. The van der Waals surface area contributed by atoms with E-state index in [1.807, 2.05) is 0 Å². The van der Waals surface area contributed by atoms with E-state index >= 15 is 0 Å². The third-order valence-electron chi connectivity index (χ3n) is 6.82. The molecule has 1 amide bonds. The number of fused-ring (bicyclic) bond motifs is 2. The fourth-order valence-corrected chi connectivity index (χ4v) is 5.68. The highest BCUT2D eigenvalue weighted by molar-refractivity contribution is 8.00. The molecule has 2 aromatic carbocycles. The van der Waals surface area contributed by atoms with Crippen LogP contribution in [0.2, 0.25) is 0 Å². The van der Waals surface area contributed by atoms with Gasteiger partial charge in [-0.3, -0.25) is 9.59 Å². The highest BCUT2D eigenvalue weighted by Crippen LogP contribution is 2.33. The van der Waals surface area contributed by atoms with E-state index in [4.69, 9.17) is 0 Å². The number of hydrogen-bond acceptors (Lipinski definition) is 4. The van der Waals surface area contributed by atoms with Gasteiger partial charge >= 0.3 is 0 Å². The lowest BCUT2D eigenvalue weighted by molar-refractivity contribution is -0.113. The van der Waals surface area contributed by atoms with Crippen molar-refractivity contribution in [3.63, 3.8) is 0 Å². The summed E-state index contributed by atoms with van der Waals surface area (Å²) < 4.78 is 15.4. The summed E-state index contributed by atoms with van der Waals surface area (Å²) in [6, 6.07) is 14.4. The fourth-order valence-electron chi connectivity index (χ4n) is 4.89. The first-order valence-corrected chi connectivity index (χ1v) is 12.6. The summed E-state index contributed by atoms with van der Waals surface area (Å²) in [5, 5.41) is 3.86. The molecule has 0 spiro atoms. The number of aromatic nitrogens is 1. The molecule has 3 heterocycles. The summed E-state index contributed by atoms with van der Waals surface area (Å²) in [5.41, 5.74) is 2.81. The van der Waals surface area contributed by atoms with E-state index in [9.17, 15) is 14.0 Å². The number of carbonyl (C=O) groups is 1. The molecule has 1 fully saturated rings. The predicted molar refractivity (Wildman–Crippen MR) is 131 cm³/mol. The van der Waals surface area contributed by atoms with Crippen LogP contribution in [-0.4, -0.2) is 40.8 Å². The number of nitrogens with zero attached hydrogens (tertiary/aromatic N) is 2. The van der Waals surface area contributed by atoms with Gasteiger partial charge in [-0.15, -0.1) is 11.8 Å². The number of likely N-dealkylation sites (tertiary alicyclic amines) is 1. The Labute approximate surface area is 197 Å². The number of rotatable bonds is 6. The maximum absolute atomic E-state index is 13.7. The maximum Gasteiger partial charge on any atom is 0.251 e. The van der Waals surface area contributed by atoms with Crippen molar-refractivity contribution in [2.75, 3.05) is 30.7 Å². The number of carbonyl (C=O) groups excluding carboxylic acids is 1. The molecular weight excluding hydrogens is 437 g/mol. The molecule has 5 rings (SSSR count). The van der Waals surface area contributed by atoms with Crippen LogP contribution in [0.4, 0.5) is 10.1 Å². The van der Waals surface area contributed by atoms with E-state index in [2.05, 4.69) is 28.4 Å². The zero-order valence-corrected chi connectivity index (χ0v) is 19.4. The van der Waals surface area contributed by atoms with Crippen LogP contribution in [0.15, 0.2) is 58.2 Å². The molecule has 0 radical (unpaired) electrons. The van der Waals surface area contributed by atoms with Gasteiger partial charge in [0, 0.05) is 24.1 Å². The molecule has 7 heteroatoms. The van der Waals surface area contributed by atoms with Gasteiger partial charge in [0.15, 0.2) is 0 Å². The Morgan fingerprint density at radius 2 is 1.82 bits per heavy atom. The Kier molecular flexibility index (Phi) is 6.51. The lowest BCUT2D eigenvalue weighted by Crippen LogP contribution is -2.37. The molecule has 0 saturated carbocycles. The van der Waals surface area contributed by atoms with E-state index in [0.717, 1.165) is 61.3 Å². The molecule has 0 unspecified atom stereocenters. The summed E-state index contributed by atoms with van der Waals surface area (Å²) in [7, 11) is 0. The molecule has 1 N–H and O–H groups in total. The summed E-state index contributed by atoms with van der Waals surface area (Å²) >= 11 is 1.60. The van der Waals surface area contributed by atoms with E-state index in [1.165, 1.54) is 17.7 Å². The van der Waals surface area contributed by atoms with Gasteiger partial charge in [-0.1, -0.05) is 6.07 Å². The van der Waals surface area contributed by atoms with Gasteiger partial charge in [0.25, 0.3) is 5.56 Å². The number of aryl methyl sites for hydroxylation is 1. The van der Waals surface area contributed by atoms with Crippen molar-refractivity contribution in [1.82, 2.24) is 9.47 Å².